The molecule has 7 heteroatoms. The molecule has 0 amide bonds. The summed E-state index contributed by atoms with van der Waals surface area (Å²) in [5, 5.41) is 3.08. The third kappa shape index (κ3) is 4.31. The van der Waals surface area contributed by atoms with Crippen molar-refractivity contribution in [3.05, 3.63) is 29.6 Å². The van der Waals surface area contributed by atoms with Gasteiger partial charge in [0, 0.05) is 37.8 Å². The first-order chi connectivity index (χ1) is 9.90. The number of nitrogens with one attached hydrogen (secondary N) is 1. The fraction of sp³-hybridized carbons (Fsp3) is 0.571. The van der Waals surface area contributed by atoms with Gasteiger partial charge in [-0.25, -0.2) is 4.39 Å². The Balaban J connectivity index is 2.33. The summed E-state index contributed by atoms with van der Waals surface area (Å²) in [6, 6.07) is 2.89. The molecule has 0 aromatic heterocycles. The highest BCUT2D eigenvalue weighted by molar-refractivity contribution is 5.32. The number of hydrogen-bond donors (Lipinski definition) is 1. The molecule has 1 aliphatic heterocycles. The second-order valence-corrected chi connectivity index (χ2v) is 5.01. The number of ether oxygens (including phenoxy) is 1. The molecule has 1 fully saturated rings. The number of rotatable bonds is 4. The number of hydrogen-bond acceptors (Lipinski definition) is 3. The van der Waals surface area contributed by atoms with Crippen molar-refractivity contribution in [2.45, 2.75) is 18.6 Å². The topological polar surface area (TPSA) is 24.5 Å². The number of nitrogens with zero attached hydrogens (tertiary/aromatic N) is 1. The zero-order valence-corrected chi connectivity index (χ0v) is 11.7. The van der Waals surface area contributed by atoms with E-state index in [4.69, 9.17) is 4.74 Å². The van der Waals surface area contributed by atoms with Crippen molar-refractivity contribution in [3.8, 4) is 5.75 Å². The van der Waals surface area contributed by atoms with Crippen molar-refractivity contribution in [2.24, 2.45) is 0 Å². The smallest absolute Gasteiger partial charge is 0.390 e. The van der Waals surface area contributed by atoms with Crippen LogP contribution >= 0.6 is 0 Å². The summed E-state index contributed by atoms with van der Waals surface area (Å²) in [4.78, 5) is 1.67. The molecule has 118 valence electrons. The second kappa shape index (κ2) is 6.62. The van der Waals surface area contributed by atoms with Gasteiger partial charge in [-0.2, -0.15) is 13.2 Å². The summed E-state index contributed by atoms with van der Waals surface area (Å²) in [7, 11) is 1.40. The van der Waals surface area contributed by atoms with E-state index in [1.54, 1.807) is 4.90 Å². The highest BCUT2D eigenvalue weighted by atomic mass is 19.4. The molecule has 1 aromatic rings. The van der Waals surface area contributed by atoms with E-state index in [9.17, 15) is 17.6 Å². The van der Waals surface area contributed by atoms with Crippen molar-refractivity contribution in [1.82, 2.24) is 10.2 Å². The minimum atomic E-state index is -4.36. The van der Waals surface area contributed by atoms with Crippen molar-refractivity contribution in [3.63, 3.8) is 0 Å². The Labute approximate surface area is 120 Å². The average molecular weight is 306 g/mol. The summed E-state index contributed by atoms with van der Waals surface area (Å²) in [5.74, 6) is -0.280. The van der Waals surface area contributed by atoms with Crippen LogP contribution < -0.4 is 10.1 Å². The Kier molecular flexibility index (Phi) is 5.05. The van der Waals surface area contributed by atoms with E-state index in [0.717, 1.165) is 6.07 Å². The number of benzene rings is 1. The van der Waals surface area contributed by atoms with Crippen LogP contribution in [0, 0.1) is 5.82 Å². The summed E-state index contributed by atoms with van der Waals surface area (Å²) in [6.07, 6.45) is -5.43. The Morgan fingerprint density at radius 3 is 2.52 bits per heavy atom. The van der Waals surface area contributed by atoms with Crippen LogP contribution in [0.4, 0.5) is 17.6 Å². The third-order valence-corrected chi connectivity index (χ3v) is 3.58. The van der Waals surface area contributed by atoms with Gasteiger partial charge in [0.1, 0.15) is 11.6 Å². The molecule has 1 N–H and O–H groups in total. The lowest BCUT2D eigenvalue weighted by atomic mass is 10.00. The highest BCUT2D eigenvalue weighted by Gasteiger charge is 2.37. The maximum atomic E-state index is 14.0. The van der Waals surface area contributed by atoms with Crippen LogP contribution in [0.2, 0.25) is 0 Å². The van der Waals surface area contributed by atoms with Gasteiger partial charge >= 0.3 is 6.18 Å². The Bertz CT molecular complexity index is 473. The molecule has 1 saturated heterocycles. The van der Waals surface area contributed by atoms with Crippen LogP contribution in [0.1, 0.15) is 18.0 Å². The van der Waals surface area contributed by atoms with E-state index in [0.29, 0.717) is 31.9 Å². The summed E-state index contributed by atoms with van der Waals surface area (Å²) in [5.41, 5.74) is 0.0357. The molecule has 0 unspecified atom stereocenters. The monoisotopic (exact) mass is 306 g/mol. The molecule has 2 rings (SSSR count). The quantitative estimate of drug-likeness (QED) is 0.866. The second-order valence-electron chi connectivity index (χ2n) is 5.01. The van der Waals surface area contributed by atoms with E-state index in [1.807, 2.05) is 0 Å². The Morgan fingerprint density at radius 2 is 1.95 bits per heavy atom. The molecule has 1 atom stereocenters. The predicted octanol–water partition coefficient (Wildman–Crippen LogP) is 2.73. The van der Waals surface area contributed by atoms with E-state index in [2.05, 4.69) is 5.32 Å². The molecule has 3 nitrogen and oxygen atoms in total. The van der Waals surface area contributed by atoms with Crippen molar-refractivity contribution in [1.29, 1.82) is 0 Å². The number of methoxy groups -OCH3 is 1. The molecule has 21 heavy (non-hydrogen) atoms. The van der Waals surface area contributed by atoms with Gasteiger partial charge in [-0.3, -0.25) is 4.90 Å². The van der Waals surface area contributed by atoms with Crippen LogP contribution in [0.15, 0.2) is 18.2 Å². The minimum absolute atomic E-state index is 0.0357. The molecular formula is C14H18F4N2O. The maximum absolute atomic E-state index is 14.0. The SMILES string of the molecule is COc1ccc(F)c([C@H](CC(F)(F)F)N2CCNCC2)c1. The van der Waals surface area contributed by atoms with Crippen LogP contribution in [-0.4, -0.2) is 44.4 Å². The standard InChI is InChI=1S/C14H18F4N2O/c1-21-10-2-3-12(15)11(8-10)13(9-14(16,17)18)20-6-4-19-5-7-20/h2-3,8,13,19H,4-7,9H2,1H3/t13-/m0/s1. The van der Waals surface area contributed by atoms with E-state index < -0.39 is 24.5 Å². The van der Waals surface area contributed by atoms with Crippen molar-refractivity contribution < 1.29 is 22.3 Å². The highest BCUT2D eigenvalue weighted by Crippen LogP contribution is 2.36. The Morgan fingerprint density at radius 1 is 1.29 bits per heavy atom. The summed E-state index contributed by atoms with van der Waals surface area (Å²) in [6.45, 7) is 2.11. The van der Waals surface area contributed by atoms with E-state index >= 15 is 0 Å². The molecule has 0 radical (unpaired) electrons. The van der Waals surface area contributed by atoms with Gasteiger partial charge in [-0.05, 0) is 18.2 Å². The fourth-order valence-electron chi connectivity index (χ4n) is 2.55. The average Bonchev–Trinajstić information content (AvgIpc) is 2.45. The number of halogens is 4. The largest absolute Gasteiger partial charge is 0.497 e. The third-order valence-electron chi connectivity index (χ3n) is 3.58. The number of piperazine rings is 1. The van der Waals surface area contributed by atoms with Crippen LogP contribution in [-0.2, 0) is 0 Å². The lowest BCUT2D eigenvalue weighted by molar-refractivity contribution is -0.149. The van der Waals surface area contributed by atoms with Gasteiger partial charge in [-0.15, -0.1) is 0 Å². The van der Waals surface area contributed by atoms with Gasteiger partial charge < -0.3 is 10.1 Å². The first-order valence-corrected chi connectivity index (χ1v) is 6.75. The first kappa shape index (κ1) is 16.0. The predicted molar refractivity (Wildman–Crippen MR) is 70.8 cm³/mol. The van der Waals surface area contributed by atoms with E-state index in [1.165, 1.54) is 19.2 Å². The Hall–Kier alpha value is -1.34. The molecule has 0 bridgehead atoms. The zero-order valence-electron chi connectivity index (χ0n) is 11.7. The van der Waals surface area contributed by atoms with Gasteiger partial charge in [0.05, 0.1) is 13.5 Å². The van der Waals surface area contributed by atoms with Crippen molar-refractivity contribution in [2.75, 3.05) is 33.3 Å². The normalized spacial score (nSPS) is 18.5. The van der Waals surface area contributed by atoms with Gasteiger partial charge in [0.25, 0.3) is 0 Å². The zero-order chi connectivity index (χ0) is 15.5. The number of alkyl halides is 3. The molecule has 0 aliphatic carbocycles. The minimum Gasteiger partial charge on any atom is -0.497 e. The van der Waals surface area contributed by atoms with Crippen molar-refractivity contribution >= 4 is 0 Å². The molecule has 1 heterocycles. The van der Waals surface area contributed by atoms with Crippen LogP contribution in [0.3, 0.4) is 0 Å². The lowest BCUT2D eigenvalue weighted by Gasteiger charge is -2.35. The first-order valence-electron chi connectivity index (χ1n) is 6.75. The van der Waals surface area contributed by atoms with Crippen LogP contribution in [0.25, 0.3) is 0 Å². The van der Waals surface area contributed by atoms with Crippen LogP contribution in [0.5, 0.6) is 5.75 Å². The van der Waals surface area contributed by atoms with Gasteiger partial charge in [-0.1, -0.05) is 0 Å². The fourth-order valence-corrected chi connectivity index (χ4v) is 2.55. The van der Waals surface area contributed by atoms with Gasteiger partial charge in [0.15, 0.2) is 0 Å². The molecular weight excluding hydrogens is 288 g/mol. The molecule has 0 saturated carbocycles. The van der Waals surface area contributed by atoms with E-state index in [-0.39, 0.29) is 5.56 Å². The maximum Gasteiger partial charge on any atom is 0.390 e. The molecule has 1 aliphatic rings. The molecule has 1 aromatic carbocycles. The summed E-state index contributed by atoms with van der Waals surface area (Å²) < 4.78 is 57.6. The lowest BCUT2D eigenvalue weighted by Crippen LogP contribution is -2.46. The summed E-state index contributed by atoms with van der Waals surface area (Å²) >= 11 is 0. The molecule has 0 spiro atoms. The van der Waals surface area contributed by atoms with Gasteiger partial charge in [0.2, 0.25) is 0 Å².